The van der Waals surface area contributed by atoms with Gasteiger partial charge < -0.3 is 5.32 Å². The molecule has 0 aliphatic rings. The highest BCUT2D eigenvalue weighted by Crippen LogP contribution is 2.14. The Kier molecular flexibility index (Phi) is 4.20. The lowest BCUT2D eigenvalue weighted by Crippen LogP contribution is -2.11. The molecular formula is C18H15N3O. The van der Waals surface area contributed by atoms with Crippen LogP contribution in [0.2, 0.25) is 0 Å². The van der Waals surface area contributed by atoms with Crippen molar-refractivity contribution >= 4 is 11.6 Å². The number of nitrogens with one attached hydrogen (secondary N) is 1. The van der Waals surface area contributed by atoms with Crippen molar-refractivity contribution < 1.29 is 4.79 Å². The third kappa shape index (κ3) is 3.55. The summed E-state index contributed by atoms with van der Waals surface area (Å²) in [6.45, 7) is 0. The van der Waals surface area contributed by atoms with E-state index in [1.54, 1.807) is 36.9 Å². The normalized spacial score (nSPS) is 10.2. The fraction of sp³-hybridized carbons (Fsp3) is 0.0556. The Balaban J connectivity index is 1.66. The summed E-state index contributed by atoms with van der Waals surface area (Å²) >= 11 is 0. The van der Waals surface area contributed by atoms with Gasteiger partial charge in [0.2, 0.25) is 0 Å². The van der Waals surface area contributed by atoms with Crippen molar-refractivity contribution in [2.45, 2.75) is 6.42 Å². The molecule has 1 amide bonds. The minimum Gasteiger partial charge on any atom is -0.322 e. The number of rotatable bonds is 4. The lowest BCUT2D eigenvalue weighted by atomic mass is 10.1. The Morgan fingerprint density at radius 1 is 0.864 bits per heavy atom. The van der Waals surface area contributed by atoms with E-state index in [9.17, 15) is 4.79 Å². The molecule has 0 unspecified atom stereocenters. The van der Waals surface area contributed by atoms with Gasteiger partial charge in [-0.05, 0) is 53.9 Å². The highest BCUT2D eigenvalue weighted by molar-refractivity contribution is 6.03. The van der Waals surface area contributed by atoms with Crippen molar-refractivity contribution in [3.05, 3.63) is 90.0 Å². The summed E-state index contributed by atoms with van der Waals surface area (Å²) < 4.78 is 0. The van der Waals surface area contributed by atoms with Gasteiger partial charge in [-0.25, -0.2) is 0 Å². The van der Waals surface area contributed by atoms with Crippen molar-refractivity contribution in [1.29, 1.82) is 0 Å². The van der Waals surface area contributed by atoms with E-state index in [2.05, 4.69) is 15.3 Å². The van der Waals surface area contributed by atoms with Gasteiger partial charge in [0.05, 0.1) is 5.56 Å². The third-order valence-electron chi connectivity index (χ3n) is 3.29. The quantitative estimate of drug-likeness (QED) is 0.801. The summed E-state index contributed by atoms with van der Waals surface area (Å²) in [6, 6.07) is 15.3. The molecule has 0 spiro atoms. The molecule has 3 aromatic rings. The van der Waals surface area contributed by atoms with Crippen molar-refractivity contribution in [3.63, 3.8) is 0 Å². The minimum absolute atomic E-state index is 0.157. The van der Waals surface area contributed by atoms with E-state index in [-0.39, 0.29) is 5.91 Å². The number of hydrogen-bond acceptors (Lipinski definition) is 3. The van der Waals surface area contributed by atoms with E-state index in [1.165, 1.54) is 11.1 Å². The zero-order chi connectivity index (χ0) is 15.2. The number of carbonyl (C=O) groups is 1. The molecule has 22 heavy (non-hydrogen) atoms. The maximum Gasteiger partial charge on any atom is 0.257 e. The van der Waals surface area contributed by atoms with Gasteiger partial charge in [-0.3, -0.25) is 14.8 Å². The summed E-state index contributed by atoms with van der Waals surface area (Å²) in [5.41, 5.74) is 3.71. The number of benzene rings is 1. The van der Waals surface area contributed by atoms with Crippen LogP contribution in [0.4, 0.5) is 5.69 Å². The molecule has 0 saturated carbocycles. The van der Waals surface area contributed by atoms with Gasteiger partial charge in [0, 0.05) is 30.5 Å². The van der Waals surface area contributed by atoms with Crippen LogP contribution in [-0.2, 0) is 6.42 Å². The Labute approximate surface area is 128 Å². The van der Waals surface area contributed by atoms with Gasteiger partial charge in [0.25, 0.3) is 5.91 Å². The molecule has 0 radical (unpaired) electrons. The molecule has 108 valence electrons. The van der Waals surface area contributed by atoms with E-state index < -0.39 is 0 Å². The highest BCUT2D eigenvalue weighted by atomic mass is 16.1. The van der Waals surface area contributed by atoms with Crippen LogP contribution in [-0.4, -0.2) is 15.9 Å². The first-order valence-corrected chi connectivity index (χ1v) is 7.00. The molecule has 2 aromatic heterocycles. The molecule has 0 aliphatic carbocycles. The first kappa shape index (κ1) is 13.9. The lowest BCUT2D eigenvalue weighted by molar-refractivity contribution is 0.102. The van der Waals surface area contributed by atoms with Gasteiger partial charge in [-0.15, -0.1) is 0 Å². The summed E-state index contributed by atoms with van der Waals surface area (Å²) in [5.74, 6) is -0.157. The highest BCUT2D eigenvalue weighted by Gasteiger charge is 2.05. The Morgan fingerprint density at radius 2 is 1.59 bits per heavy atom. The summed E-state index contributed by atoms with van der Waals surface area (Å²) in [4.78, 5) is 20.0. The molecular weight excluding hydrogens is 274 g/mol. The molecule has 4 heteroatoms. The number of amides is 1. The van der Waals surface area contributed by atoms with Gasteiger partial charge in [-0.1, -0.05) is 12.1 Å². The predicted octanol–water partition coefficient (Wildman–Crippen LogP) is 3.32. The zero-order valence-corrected chi connectivity index (χ0v) is 11.9. The first-order chi connectivity index (χ1) is 10.8. The van der Waals surface area contributed by atoms with Crippen LogP contribution in [0.15, 0.2) is 73.3 Å². The number of hydrogen-bond donors (Lipinski definition) is 1. The predicted molar refractivity (Wildman–Crippen MR) is 85.7 cm³/mol. The molecule has 4 nitrogen and oxygen atoms in total. The van der Waals surface area contributed by atoms with E-state index >= 15 is 0 Å². The second-order valence-corrected chi connectivity index (χ2v) is 4.92. The first-order valence-electron chi connectivity index (χ1n) is 7.00. The van der Waals surface area contributed by atoms with Crippen LogP contribution in [0.25, 0.3) is 0 Å². The van der Waals surface area contributed by atoms with Crippen LogP contribution in [0.1, 0.15) is 21.5 Å². The Morgan fingerprint density at radius 3 is 2.27 bits per heavy atom. The van der Waals surface area contributed by atoms with E-state index in [0.29, 0.717) is 5.56 Å². The van der Waals surface area contributed by atoms with Crippen LogP contribution in [0.5, 0.6) is 0 Å². The molecule has 1 aromatic carbocycles. The van der Waals surface area contributed by atoms with Crippen molar-refractivity contribution in [2.75, 3.05) is 5.32 Å². The van der Waals surface area contributed by atoms with Crippen molar-refractivity contribution in [1.82, 2.24) is 9.97 Å². The maximum atomic E-state index is 12.0. The van der Waals surface area contributed by atoms with Gasteiger partial charge in [-0.2, -0.15) is 0 Å². The second kappa shape index (κ2) is 6.63. The monoisotopic (exact) mass is 289 g/mol. The van der Waals surface area contributed by atoms with E-state index in [0.717, 1.165) is 12.1 Å². The van der Waals surface area contributed by atoms with Crippen LogP contribution < -0.4 is 5.32 Å². The fourth-order valence-electron chi connectivity index (χ4n) is 2.14. The van der Waals surface area contributed by atoms with Crippen molar-refractivity contribution in [3.8, 4) is 0 Å². The van der Waals surface area contributed by atoms with Gasteiger partial charge in [0.15, 0.2) is 0 Å². The molecule has 2 heterocycles. The topological polar surface area (TPSA) is 54.9 Å². The molecule has 0 saturated heterocycles. The molecule has 0 atom stereocenters. The Hall–Kier alpha value is -3.01. The van der Waals surface area contributed by atoms with Crippen LogP contribution in [0.3, 0.4) is 0 Å². The van der Waals surface area contributed by atoms with Gasteiger partial charge >= 0.3 is 0 Å². The van der Waals surface area contributed by atoms with E-state index in [1.807, 2.05) is 36.4 Å². The van der Waals surface area contributed by atoms with Crippen LogP contribution >= 0.6 is 0 Å². The largest absolute Gasteiger partial charge is 0.322 e. The number of carbonyl (C=O) groups excluding carboxylic acids is 1. The summed E-state index contributed by atoms with van der Waals surface area (Å²) in [6.07, 6.45) is 7.62. The minimum atomic E-state index is -0.157. The standard InChI is InChI=1S/C18H15N3O/c22-18(16-2-1-9-20-13-16)21-17-5-3-14(4-6-17)12-15-7-10-19-11-8-15/h1-11,13H,12H2,(H,21,22). The number of anilines is 1. The summed E-state index contributed by atoms with van der Waals surface area (Å²) in [5, 5.41) is 2.86. The summed E-state index contributed by atoms with van der Waals surface area (Å²) in [7, 11) is 0. The number of nitrogens with zero attached hydrogens (tertiary/aromatic N) is 2. The molecule has 1 N–H and O–H groups in total. The smallest absolute Gasteiger partial charge is 0.257 e. The van der Waals surface area contributed by atoms with E-state index in [4.69, 9.17) is 0 Å². The molecule has 0 bridgehead atoms. The number of pyridine rings is 2. The zero-order valence-electron chi connectivity index (χ0n) is 11.9. The third-order valence-corrected chi connectivity index (χ3v) is 3.29. The molecule has 0 aliphatic heterocycles. The maximum absolute atomic E-state index is 12.0. The average Bonchev–Trinajstić information content (AvgIpc) is 2.58. The molecule has 3 rings (SSSR count). The van der Waals surface area contributed by atoms with Gasteiger partial charge in [0.1, 0.15) is 0 Å². The average molecular weight is 289 g/mol. The SMILES string of the molecule is O=C(Nc1ccc(Cc2ccncc2)cc1)c1cccnc1. The fourth-order valence-corrected chi connectivity index (χ4v) is 2.14. The second-order valence-electron chi connectivity index (χ2n) is 4.92. The lowest BCUT2D eigenvalue weighted by Gasteiger charge is -2.06. The molecule has 0 fully saturated rings. The van der Waals surface area contributed by atoms with Crippen molar-refractivity contribution in [2.24, 2.45) is 0 Å². The van der Waals surface area contributed by atoms with Crippen LogP contribution in [0, 0.1) is 0 Å². The Bertz CT molecular complexity index is 740. The number of aromatic nitrogens is 2.